The van der Waals surface area contributed by atoms with Crippen LogP contribution in [0.1, 0.15) is 32.6 Å². The molecule has 1 unspecified atom stereocenters. The highest BCUT2D eigenvalue weighted by Gasteiger charge is 2.17. The van der Waals surface area contributed by atoms with E-state index in [1.807, 2.05) is 44.2 Å². The molecule has 0 aliphatic rings. The van der Waals surface area contributed by atoms with Crippen LogP contribution in [-0.4, -0.2) is 12.6 Å². The lowest BCUT2D eigenvalue weighted by Gasteiger charge is -2.20. The standard InChI is InChI=1S/C15H20O3/c1-11(2)10-17-15(18-14(16)12(3)4)13-8-6-5-7-9-13/h5-9,11,15H,3,10H2,1-2,4H3. The summed E-state index contributed by atoms with van der Waals surface area (Å²) in [5, 5.41) is 0. The average Bonchev–Trinajstić information content (AvgIpc) is 2.34. The molecule has 0 amide bonds. The van der Waals surface area contributed by atoms with Crippen molar-refractivity contribution in [1.82, 2.24) is 0 Å². The summed E-state index contributed by atoms with van der Waals surface area (Å²) in [5.41, 5.74) is 1.19. The zero-order valence-electron chi connectivity index (χ0n) is 11.2. The van der Waals surface area contributed by atoms with Crippen molar-refractivity contribution in [2.45, 2.75) is 27.1 Å². The fourth-order valence-corrected chi connectivity index (χ4v) is 1.29. The SMILES string of the molecule is C=C(C)C(=O)OC(OCC(C)C)c1ccccc1. The van der Waals surface area contributed by atoms with Gasteiger partial charge in [0.25, 0.3) is 0 Å². The molecular formula is C15H20O3. The van der Waals surface area contributed by atoms with Crippen molar-refractivity contribution < 1.29 is 14.3 Å². The van der Waals surface area contributed by atoms with Crippen LogP contribution >= 0.6 is 0 Å². The normalized spacial score (nSPS) is 12.2. The fourth-order valence-electron chi connectivity index (χ4n) is 1.29. The summed E-state index contributed by atoms with van der Waals surface area (Å²) in [6.07, 6.45) is -0.669. The highest BCUT2D eigenvalue weighted by atomic mass is 16.7. The van der Waals surface area contributed by atoms with Crippen LogP contribution in [0.4, 0.5) is 0 Å². The number of esters is 1. The molecule has 3 nitrogen and oxygen atoms in total. The molecule has 0 aliphatic heterocycles. The van der Waals surface area contributed by atoms with Crippen LogP contribution in [0.25, 0.3) is 0 Å². The van der Waals surface area contributed by atoms with E-state index in [1.54, 1.807) is 6.92 Å². The zero-order valence-corrected chi connectivity index (χ0v) is 11.2. The van der Waals surface area contributed by atoms with Gasteiger partial charge in [0.2, 0.25) is 6.29 Å². The second kappa shape index (κ2) is 6.97. The Labute approximate surface area is 108 Å². The molecular weight excluding hydrogens is 228 g/mol. The first-order valence-corrected chi connectivity index (χ1v) is 6.03. The molecule has 18 heavy (non-hydrogen) atoms. The Morgan fingerprint density at radius 2 is 1.89 bits per heavy atom. The molecule has 98 valence electrons. The fraction of sp³-hybridized carbons (Fsp3) is 0.400. The Kier molecular flexibility index (Phi) is 5.59. The maximum atomic E-state index is 11.6. The number of benzene rings is 1. The predicted molar refractivity (Wildman–Crippen MR) is 70.9 cm³/mol. The summed E-state index contributed by atoms with van der Waals surface area (Å²) < 4.78 is 10.9. The number of carbonyl (C=O) groups excluding carboxylic acids is 1. The van der Waals surface area contributed by atoms with E-state index in [0.717, 1.165) is 5.56 Å². The van der Waals surface area contributed by atoms with E-state index in [9.17, 15) is 4.79 Å². The molecule has 0 spiro atoms. The number of rotatable bonds is 6. The Morgan fingerprint density at radius 3 is 2.39 bits per heavy atom. The monoisotopic (exact) mass is 248 g/mol. The van der Waals surface area contributed by atoms with Crippen molar-refractivity contribution in [3.8, 4) is 0 Å². The van der Waals surface area contributed by atoms with Gasteiger partial charge in [-0.2, -0.15) is 0 Å². The lowest BCUT2D eigenvalue weighted by molar-refractivity contribution is -0.178. The average molecular weight is 248 g/mol. The summed E-state index contributed by atoms with van der Waals surface area (Å²) >= 11 is 0. The third kappa shape index (κ3) is 4.72. The summed E-state index contributed by atoms with van der Waals surface area (Å²) in [6.45, 7) is 9.80. The highest BCUT2D eigenvalue weighted by Crippen LogP contribution is 2.20. The van der Waals surface area contributed by atoms with Crippen LogP contribution in [0, 0.1) is 5.92 Å². The molecule has 0 aromatic heterocycles. The number of ether oxygens (including phenoxy) is 2. The minimum Gasteiger partial charge on any atom is -0.428 e. The van der Waals surface area contributed by atoms with Crippen molar-refractivity contribution in [3.63, 3.8) is 0 Å². The number of carbonyl (C=O) groups is 1. The predicted octanol–water partition coefficient (Wildman–Crippen LogP) is 3.48. The van der Waals surface area contributed by atoms with E-state index in [-0.39, 0.29) is 0 Å². The lowest BCUT2D eigenvalue weighted by Crippen LogP contribution is -2.17. The summed E-state index contributed by atoms with van der Waals surface area (Å²) in [6, 6.07) is 9.42. The van der Waals surface area contributed by atoms with Gasteiger partial charge < -0.3 is 9.47 Å². The van der Waals surface area contributed by atoms with Gasteiger partial charge in [-0.05, 0) is 12.8 Å². The van der Waals surface area contributed by atoms with Gasteiger partial charge in [0.05, 0.1) is 6.61 Å². The van der Waals surface area contributed by atoms with Gasteiger partial charge >= 0.3 is 5.97 Å². The molecule has 1 rings (SSSR count). The number of hydrogen-bond acceptors (Lipinski definition) is 3. The quantitative estimate of drug-likeness (QED) is 0.439. The van der Waals surface area contributed by atoms with E-state index in [2.05, 4.69) is 6.58 Å². The zero-order chi connectivity index (χ0) is 13.5. The van der Waals surface area contributed by atoms with Crippen molar-refractivity contribution in [1.29, 1.82) is 0 Å². The first kappa shape index (κ1) is 14.5. The third-order valence-electron chi connectivity index (χ3n) is 2.22. The van der Waals surface area contributed by atoms with Gasteiger partial charge in [0, 0.05) is 11.1 Å². The molecule has 1 aromatic carbocycles. The van der Waals surface area contributed by atoms with Crippen molar-refractivity contribution in [3.05, 3.63) is 48.0 Å². The van der Waals surface area contributed by atoms with Crippen LogP contribution in [0.5, 0.6) is 0 Å². The van der Waals surface area contributed by atoms with E-state index in [0.29, 0.717) is 18.1 Å². The van der Waals surface area contributed by atoms with Crippen LogP contribution in [0.15, 0.2) is 42.5 Å². The topological polar surface area (TPSA) is 35.5 Å². The minimum absolute atomic E-state index is 0.365. The van der Waals surface area contributed by atoms with Gasteiger partial charge in [-0.15, -0.1) is 0 Å². The Hall–Kier alpha value is -1.61. The summed E-state index contributed by atoms with van der Waals surface area (Å²) in [4.78, 5) is 11.6. The summed E-state index contributed by atoms with van der Waals surface area (Å²) in [7, 11) is 0. The Morgan fingerprint density at radius 1 is 1.28 bits per heavy atom. The van der Waals surface area contributed by atoms with E-state index in [4.69, 9.17) is 9.47 Å². The molecule has 0 fully saturated rings. The van der Waals surface area contributed by atoms with Crippen molar-refractivity contribution in [2.24, 2.45) is 5.92 Å². The molecule has 0 heterocycles. The second-order valence-corrected chi connectivity index (χ2v) is 4.66. The van der Waals surface area contributed by atoms with Crippen molar-refractivity contribution in [2.75, 3.05) is 6.61 Å². The highest BCUT2D eigenvalue weighted by molar-refractivity contribution is 5.87. The molecule has 0 bridgehead atoms. The molecule has 0 N–H and O–H groups in total. The third-order valence-corrected chi connectivity index (χ3v) is 2.22. The molecule has 1 aromatic rings. The largest absolute Gasteiger partial charge is 0.428 e. The Balaban J connectivity index is 2.75. The van der Waals surface area contributed by atoms with Crippen LogP contribution in [-0.2, 0) is 14.3 Å². The van der Waals surface area contributed by atoms with E-state index < -0.39 is 12.3 Å². The molecule has 0 radical (unpaired) electrons. The summed E-state index contributed by atoms with van der Waals surface area (Å²) in [5.74, 6) is -0.0626. The molecule has 0 saturated carbocycles. The minimum atomic E-state index is -0.669. The first-order valence-electron chi connectivity index (χ1n) is 6.03. The Bertz CT molecular complexity index is 395. The van der Waals surface area contributed by atoms with Crippen molar-refractivity contribution >= 4 is 5.97 Å². The molecule has 3 heteroatoms. The van der Waals surface area contributed by atoms with Gasteiger partial charge in [-0.3, -0.25) is 0 Å². The maximum Gasteiger partial charge on any atom is 0.335 e. The lowest BCUT2D eigenvalue weighted by atomic mass is 10.2. The molecule has 0 saturated heterocycles. The number of hydrogen-bond donors (Lipinski definition) is 0. The van der Waals surface area contributed by atoms with Gasteiger partial charge in [-0.25, -0.2) is 4.79 Å². The first-order chi connectivity index (χ1) is 8.50. The van der Waals surface area contributed by atoms with E-state index in [1.165, 1.54) is 0 Å². The smallest absolute Gasteiger partial charge is 0.335 e. The van der Waals surface area contributed by atoms with Gasteiger partial charge in [-0.1, -0.05) is 50.8 Å². The van der Waals surface area contributed by atoms with Crippen LogP contribution in [0.2, 0.25) is 0 Å². The maximum absolute atomic E-state index is 11.6. The van der Waals surface area contributed by atoms with Gasteiger partial charge in [0.1, 0.15) is 0 Å². The van der Waals surface area contributed by atoms with Crippen LogP contribution in [0.3, 0.4) is 0 Å². The van der Waals surface area contributed by atoms with Crippen LogP contribution < -0.4 is 0 Å². The second-order valence-electron chi connectivity index (χ2n) is 4.66. The molecule has 0 aliphatic carbocycles. The van der Waals surface area contributed by atoms with E-state index >= 15 is 0 Å². The van der Waals surface area contributed by atoms with Gasteiger partial charge in [0.15, 0.2) is 0 Å². The molecule has 1 atom stereocenters.